The molecule has 2 aromatic heterocycles. The maximum atomic E-state index is 4.66. The average Bonchev–Trinajstić information content (AvgIpc) is 3.23. The maximum Gasteiger partial charge on any atom is 0.0954 e. The minimum absolute atomic E-state index is 0.631. The zero-order chi connectivity index (χ0) is 14.9. The predicted octanol–water partition coefficient (Wildman–Crippen LogP) is 3.02. The highest BCUT2D eigenvalue weighted by Gasteiger charge is 2.27. The van der Waals surface area contributed by atoms with Gasteiger partial charge in [-0.25, -0.2) is 9.97 Å². The Morgan fingerprint density at radius 3 is 3.09 bits per heavy atom. The standard InChI is InChI=1S/C17H24N4S/c1-13-19-14(11-22-13)6-8-20-9-7-15(10-20)21-12-18-16-4-2-3-5-17(16)21/h11-12,15H,2-10H2,1H3/t15-/m1/s1. The first-order chi connectivity index (χ1) is 10.8. The quantitative estimate of drug-likeness (QED) is 0.869. The Hall–Kier alpha value is -1.20. The number of hydrogen-bond acceptors (Lipinski definition) is 4. The summed E-state index contributed by atoms with van der Waals surface area (Å²) in [5, 5.41) is 3.38. The molecule has 0 aromatic carbocycles. The van der Waals surface area contributed by atoms with Gasteiger partial charge in [0.1, 0.15) is 0 Å². The number of hydrogen-bond donors (Lipinski definition) is 0. The molecule has 2 aliphatic rings. The minimum Gasteiger partial charge on any atom is -0.330 e. The second kappa shape index (κ2) is 6.13. The van der Waals surface area contributed by atoms with Gasteiger partial charge in [0, 0.05) is 43.2 Å². The molecule has 22 heavy (non-hydrogen) atoms. The number of thiazole rings is 1. The lowest BCUT2D eigenvalue weighted by atomic mass is 10.0. The van der Waals surface area contributed by atoms with Crippen molar-refractivity contribution in [3.8, 4) is 0 Å². The van der Waals surface area contributed by atoms with E-state index in [-0.39, 0.29) is 0 Å². The Morgan fingerprint density at radius 2 is 2.23 bits per heavy atom. The van der Waals surface area contributed by atoms with Crippen LogP contribution in [0.3, 0.4) is 0 Å². The van der Waals surface area contributed by atoms with Crippen LogP contribution in [0.1, 0.15) is 47.4 Å². The van der Waals surface area contributed by atoms with E-state index in [0.29, 0.717) is 6.04 Å². The Labute approximate surface area is 136 Å². The monoisotopic (exact) mass is 316 g/mol. The van der Waals surface area contributed by atoms with Crippen molar-refractivity contribution in [2.24, 2.45) is 0 Å². The molecule has 0 N–H and O–H groups in total. The summed E-state index contributed by atoms with van der Waals surface area (Å²) >= 11 is 1.76. The fourth-order valence-electron chi connectivity index (χ4n) is 3.84. The number of fused-ring (bicyclic) bond motifs is 1. The molecule has 4 nitrogen and oxygen atoms in total. The van der Waals surface area contributed by atoms with Crippen LogP contribution in [-0.2, 0) is 19.3 Å². The summed E-state index contributed by atoms with van der Waals surface area (Å²) < 4.78 is 2.49. The molecule has 4 rings (SSSR count). The first kappa shape index (κ1) is 14.4. The van der Waals surface area contributed by atoms with Crippen molar-refractivity contribution < 1.29 is 0 Å². The van der Waals surface area contributed by atoms with E-state index in [4.69, 9.17) is 0 Å². The number of imidazole rings is 1. The van der Waals surface area contributed by atoms with Gasteiger partial charge in [0.05, 0.1) is 22.7 Å². The van der Waals surface area contributed by atoms with Gasteiger partial charge in [0.25, 0.3) is 0 Å². The van der Waals surface area contributed by atoms with Gasteiger partial charge in [-0.3, -0.25) is 0 Å². The Balaban J connectivity index is 1.37. The zero-order valence-electron chi connectivity index (χ0n) is 13.3. The number of aromatic nitrogens is 3. The molecule has 118 valence electrons. The van der Waals surface area contributed by atoms with E-state index in [1.54, 1.807) is 11.3 Å². The number of nitrogens with zero attached hydrogens (tertiary/aromatic N) is 4. The Kier molecular flexibility index (Phi) is 4.01. The predicted molar refractivity (Wildman–Crippen MR) is 89.5 cm³/mol. The molecule has 0 bridgehead atoms. The van der Waals surface area contributed by atoms with Crippen molar-refractivity contribution in [1.29, 1.82) is 0 Å². The van der Waals surface area contributed by atoms with E-state index in [0.717, 1.165) is 13.0 Å². The van der Waals surface area contributed by atoms with Crippen LogP contribution in [0.15, 0.2) is 11.7 Å². The molecular formula is C17H24N4S. The summed E-state index contributed by atoms with van der Waals surface area (Å²) in [6.07, 6.45) is 9.50. The largest absolute Gasteiger partial charge is 0.330 e. The molecule has 0 saturated carbocycles. The van der Waals surface area contributed by atoms with Crippen LogP contribution < -0.4 is 0 Å². The molecule has 1 atom stereocenters. The van der Waals surface area contributed by atoms with Crippen LogP contribution in [0, 0.1) is 6.92 Å². The molecule has 1 aliphatic carbocycles. The first-order valence-corrected chi connectivity index (χ1v) is 9.35. The van der Waals surface area contributed by atoms with E-state index in [2.05, 4.69) is 38.1 Å². The highest BCUT2D eigenvalue weighted by Crippen LogP contribution is 2.28. The van der Waals surface area contributed by atoms with Gasteiger partial charge in [-0.05, 0) is 39.0 Å². The van der Waals surface area contributed by atoms with Crippen LogP contribution in [0.5, 0.6) is 0 Å². The van der Waals surface area contributed by atoms with E-state index >= 15 is 0 Å². The molecular weight excluding hydrogens is 292 g/mol. The lowest BCUT2D eigenvalue weighted by molar-refractivity contribution is 0.325. The summed E-state index contributed by atoms with van der Waals surface area (Å²) in [6, 6.07) is 0.631. The normalized spacial score (nSPS) is 22.1. The Bertz CT molecular complexity index is 645. The number of rotatable bonds is 4. The third kappa shape index (κ3) is 2.84. The highest BCUT2D eigenvalue weighted by atomic mass is 32.1. The molecule has 3 heterocycles. The van der Waals surface area contributed by atoms with Gasteiger partial charge in [-0.15, -0.1) is 11.3 Å². The van der Waals surface area contributed by atoms with Gasteiger partial charge in [-0.1, -0.05) is 0 Å². The van der Waals surface area contributed by atoms with Crippen LogP contribution in [0.25, 0.3) is 0 Å². The van der Waals surface area contributed by atoms with Gasteiger partial charge in [0.2, 0.25) is 0 Å². The van der Waals surface area contributed by atoms with E-state index < -0.39 is 0 Å². The molecule has 1 saturated heterocycles. The smallest absolute Gasteiger partial charge is 0.0954 e. The lowest BCUT2D eigenvalue weighted by Crippen LogP contribution is -2.24. The minimum atomic E-state index is 0.631. The molecule has 0 spiro atoms. The lowest BCUT2D eigenvalue weighted by Gasteiger charge is -2.20. The molecule has 0 radical (unpaired) electrons. The molecule has 1 aliphatic heterocycles. The van der Waals surface area contributed by atoms with Crippen LogP contribution in [0.4, 0.5) is 0 Å². The van der Waals surface area contributed by atoms with Crippen molar-refractivity contribution in [3.05, 3.63) is 33.8 Å². The zero-order valence-corrected chi connectivity index (χ0v) is 14.1. The van der Waals surface area contributed by atoms with Crippen molar-refractivity contribution in [3.63, 3.8) is 0 Å². The number of likely N-dealkylation sites (tertiary alicyclic amines) is 1. The Morgan fingerprint density at radius 1 is 1.32 bits per heavy atom. The fourth-order valence-corrected chi connectivity index (χ4v) is 4.49. The summed E-state index contributed by atoms with van der Waals surface area (Å²) in [5.74, 6) is 0. The van der Waals surface area contributed by atoms with Crippen molar-refractivity contribution in [1.82, 2.24) is 19.4 Å². The van der Waals surface area contributed by atoms with Gasteiger partial charge in [-0.2, -0.15) is 0 Å². The molecule has 5 heteroatoms. The first-order valence-electron chi connectivity index (χ1n) is 8.47. The SMILES string of the molecule is Cc1nc(CCN2CC[C@@H](n3cnc4c3CCCC4)C2)cs1. The third-order valence-corrected chi connectivity index (χ3v) is 5.87. The van der Waals surface area contributed by atoms with E-state index in [9.17, 15) is 0 Å². The third-order valence-electron chi connectivity index (χ3n) is 5.05. The second-order valence-electron chi connectivity index (χ2n) is 6.60. The molecule has 0 amide bonds. The van der Waals surface area contributed by atoms with E-state index in [1.165, 1.54) is 67.3 Å². The van der Waals surface area contributed by atoms with Crippen molar-refractivity contribution in [2.75, 3.05) is 19.6 Å². The number of aryl methyl sites for hydroxylation is 2. The van der Waals surface area contributed by atoms with Crippen molar-refractivity contribution >= 4 is 11.3 Å². The van der Waals surface area contributed by atoms with Crippen LogP contribution in [-0.4, -0.2) is 39.1 Å². The van der Waals surface area contributed by atoms with Crippen LogP contribution >= 0.6 is 11.3 Å². The topological polar surface area (TPSA) is 34.0 Å². The van der Waals surface area contributed by atoms with Crippen LogP contribution in [0.2, 0.25) is 0 Å². The van der Waals surface area contributed by atoms with Gasteiger partial charge >= 0.3 is 0 Å². The maximum absolute atomic E-state index is 4.66. The fraction of sp³-hybridized carbons (Fsp3) is 0.647. The highest BCUT2D eigenvalue weighted by molar-refractivity contribution is 7.09. The van der Waals surface area contributed by atoms with E-state index in [1.807, 2.05) is 0 Å². The summed E-state index contributed by atoms with van der Waals surface area (Å²) in [6.45, 7) is 5.60. The van der Waals surface area contributed by atoms with Gasteiger partial charge in [0.15, 0.2) is 0 Å². The van der Waals surface area contributed by atoms with Gasteiger partial charge < -0.3 is 9.47 Å². The second-order valence-corrected chi connectivity index (χ2v) is 7.67. The summed E-state index contributed by atoms with van der Waals surface area (Å²) in [5.41, 5.74) is 4.14. The molecule has 0 unspecified atom stereocenters. The summed E-state index contributed by atoms with van der Waals surface area (Å²) in [7, 11) is 0. The molecule has 1 fully saturated rings. The van der Waals surface area contributed by atoms with Crippen molar-refractivity contribution in [2.45, 2.75) is 51.5 Å². The summed E-state index contributed by atoms with van der Waals surface area (Å²) in [4.78, 5) is 11.8. The average molecular weight is 316 g/mol. The molecule has 2 aromatic rings.